The van der Waals surface area contributed by atoms with E-state index in [2.05, 4.69) is 10.6 Å². The summed E-state index contributed by atoms with van der Waals surface area (Å²) in [5, 5.41) is 4.17. The third-order valence-corrected chi connectivity index (χ3v) is 2.69. The van der Waals surface area contributed by atoms with E-state index in [0.717, 1.165) is 12.0 Å². The molecule has 0 unspecified atom stereocenters. The molecule has 1 aliphatic heterocycles. The van der Waals surface area contributed by atoms with Gasteiger partial charge in [0.1, 0.15) is 5.92 Å². The number of carbonyl (C=O) groups is 3. The first-order chi connectivity index (χ1) is 8.11. The van der Waals surface area contributed by atoms with Gasteiger partial charge in [0.2, 0.25) is 11.8 Å². The molecular weight excluding hydrogens is 243 g/mol. The number of hydrogen-bond donors (Lipinski definition) is 2. The van der Waals surface area contributed by atoms with Gasteiger partial charge in [-0.1, -0.05) is 31.2 Å². The molecule has 1 aliphatic rings. The zero-order valence-corrected chi connectivity index (χ0v) is 12.3. The van der Waals surface area contributed by atoms with E-state index in [4.69, 9.17) is 0 Å². The van der Waals surface area contributed by atoms with E-state index in [1.165, 1.54) is 0 Å². The maximum atomic E-state index is 11.6. The van der Waals surface area contributed by atoms with Gasteiger partial charge in [0.25, 0.3) is 0 Å². The van der Waals surface area contributed by atoms with Crippen LogP contribution in [-0.2, 0) is 16.0 Å². The van der Waals surface area contributed by atoms with Gasteiger partial charge in [-0.15, -0.1) is 0 Å². The van der Waals surface area contributed by atoms with Gasteiger partial charge < -0.3 is 1.43 Å². The Morgan fingerprint density at radius 1 is 1.17 bits per heavy atom. The smallest absolute Gasteiger partial charge is 1.00 e. The van der Waals surface area contributed by atoms with Crippen molar-refractivity contribution in [3.05, 3.63) is 35.4 Å². The largest absolute Gasteiger partial charge is 1.00 e. The molecule has 2 rings (SSSR count). The second kappa shape index (κ2) is 6.13. The molecule has 1 heterocycles. The van der Waals surface area contributed by atoms with Crippen LogP contribution in [0.3, 0.4) is 0 Å². The summed E-state index contributed by atoms with van der Waals surface area (Å²) in [5.41, 5.74) is 1.65. The Bertz CT molecular complexity index is 488. The molecular formula is C12H13N2NaO3. The van der Waals surface area contributed by atoms with Gasteiger partial charge >= 0.3 is 35.6 Å². The van der Waals surface area contributed by atoms with Crippen LogP contribution in [0.5, 0.6) is 0 Å². The zero-order chi connectivity index (χ0) is 12.4. The maximum Gasteiger partial charge on any atom is 1.00 e. The molecule has 0 aromatic heterocycles. The van der Waals surface area contributed by atoms with E-state index in [-0.39, 0.29) is 31.0 Å². The normalized spacial score (nSPS) is 15.7. The van der Waals surface area contributed by atoms with E-state index in [1.54, 1.807) is 18.2 Å². The van der Waals surface area contributed by atoms with Crippen LogP contribution in [0.2, 0.25) is 0 Å². The number of hydrogen-bond acceptors (Lipinski definition) is 3. The van der Waals surface area contributed by atoms with Crippen molar-refractivity contribution in [3.63, 3.8) is 0 Å². The van der Waals surface area contributed by atoms with Crippen LogP contribution in [0, 0.1) is 0 Å². The SMILES string of the molecule is CCc1cccc(C2C(=O)NC(=O)NC2=O)c1.[H-].[Na+]. The monoisotopic (exact) mass is 256 g/mol. The molecule has 0 atom stereocenters. The Morgan fingerprint density at radius 2 is 1.78 bits per heavy atom. The summed E-state index contributed by atoms with van der Waals surface area (Å²) in [5.74, 6) is -2.10. The number of imide groups is 2. The predicted octanol–water partition coefficient (Wildman–Crippen LogP) is -2.18. The van der Waals surface area contributed by atoms with E-state index in [0.29, 0.717) is 5.56 Å². The van der Waals surface area contributed by atoms with Crippen molar-refractivity contribution < 1.29 is 45.4 Å². The second-order valence-corrected chi connectivity index (χ2v) is 3.84. The van der Waals surface area contributed by atoms with Crippen molar-refractivity contribution >= 4 is 17.8 Å². The van der Waals surface area contributed by atoms with Gasteiger partial charge in [0.05, 0.1) is 0 Å². The Balaban J connectivity index is 0.00000162. The Labute approximate surface area is 128 Å². The molecule has 1 fully saturated rings. The van der Waals surface area contributed by atoms with Crippen molar-refractivity contribution in [2.75, 3.05) is 0 Å². The number of nitrogens with one attached hydrogen (secondary N) is 2. The number of amides is 4. The van der Waals surface area contributed by atoms with Crippen LogP contribution in [0.25, 0.3) is 0 Å². The molecule has 2 N–H and O–H groups in total. The number of rotatable bonds is 2. The first-order valence-corrected chi connectivity index (χ1v) is 5.36. The summed E-state index contributed by atoms with van der Waals surface area (Å²) in [6.45, 7) is 1.99. The molecule has 18 heavy (non-hydrogen) atoms. The fourth-order valence-electron chi connectivity index (χ4n) is 1.81. The van der Waals surface area contributed by atoms with E-state index < -0.39 is 23.8 Å². The molecule has 4 amide bonds. The summed E-state index contributed by atoms with van der Waals surface area (Å²) in [4.78, 5) is 34.2. The van der Waals surface area contributed by atoms with E-state index >= 15 is 0 Å². The van der Waals surface area contributed by atoms with Gasteiger partial charge in [-0.3, -0.25) is 20.2 Å². The summed E-state index contributed by atoms with van der Waals surface area (Å²) >= 11 is 0. The molecule has 0 spiro atoms. The summed E-state index contributed by atoms with van der Waals surface area (Å²) in [7, 11) is 0. The summed E-state index contributed by atoms with van der Waals surface area (Å²) < 4.78 is 0. The Morgan fingerprint density at radius 3 is 2.33 bits per heavy atom. The minimum absolute atomic E-state index is 0. The second-order valence-electron chi connectivity index (χ2n) is 3.84. The number of aryl methyl sites for hydroxylation is 1. The van der Waals surface area contributed by atoms with Gasteiger partial charge in [-0.05, 0) is 17.5 Å². The third kappa shape index (κ3) is 2.98. The van der Waals surface area contributed by atoms with Gasteiger partial charge in [0, 0.05) is 0 Å². The van der Waals surface area contributed by atoms with Gasteiger partial charge in [0.15, 0.2) is 0 Å². The van der Waals surface area contributed by atoms with Crippen molar-refractivity contribution in [1.29, 1.82) is 0 Å². The third-order valence-electron chi connectivity index (χ3n) is 2.69. The average molecular weight is 256 g/mol. The van der Waals surface area contributed by atoms with Gasteiger partial charge in [-0.25, -0.2) is 4.79 Å². The van der Waals surface area contributed by atoms with Crippen LogP contribution in [-0.4, -0.2) is 17.8 Å². The summed E-state index contributed by atoms with van der Waals surface area (Å²) in [6.07, 6.45) is 0.822. The quantitative estimate of drug-likeness (QED) is 0.466. The summed E-state index contributed by atoms with van der Waals surface area (Å²) in [6, 6.07) is 6.47. The van der Waals surface area contributed by atoms with Crippen LogP contribution < -0.4 is 40.2 Å². The fraction of sp³-hybridized carbons (Fsp3) is 0.250. The van der Waals surface area contributed by atoms with Crippen molar-refractivity contribution in [1.82, 2.24) is 10.6 Å². The van der Waals surface area contributed by atoms with Crippen molar-refractivity contribution in [2.24, 2.45) is 0 Å². The minimum atomic E-state index is -0.945. The van der Waals surface area contributed by atoms with Crippen molar-refractivity contribution in [3.8, 4) is 0 Å². The minimum Gasteiger partial charge on any atom is -1.00 e. The Kier molecular flexibility index (Phi) is 5.07. The Hall–Kier alpha value is -1.17. The molecule has 0 radical (unpaired) electrons. The number of carbonyl (C=O) groups excluding carboxylic acids is 3. The molecule has 0 saturated carbocycles. The first kappa shape index (κ1) is 14.9. The molecule has 1 saturated heterocycles. The van der Waals surface area contributed by atoms with Crippen molar-refractivity contribution in [2.45, 2.75) is 19.3 Å². The fourth-order valence-corrected chi connectivity index (χ4v) is 1.81. The molecule has 0 aliphatic carbocycles. The van der Waals surface area contributed by atoms with E-state index in [9.17, 15) is 14.4 Å². The standard InChI is InChI=1S/C12H12N2O3.Na.H/c1-2-7-4-3-5-8(6-7)9-10(15)13-12(17)14-11(9)16;;/h3-6,9H,2H2,1H3,(H2,13,14,15,16,17);;/q;+1;-1. The number of benzene rings is 1. The molecule has 1 aromatic rings. The van der Waals surface area contributed by atoms with Crippen LogP contribution in [0.4, 0.5) is 4.79 Å². The number of urea groups is 1. The molecule has 5 nitrogen and oxygen atoms in total. The molecule has 6 heteroatoms. The molecule has 0 bridgehead atoms. The molecule has 90 valence electrons. The topological polar surface area (TPSA) is 75.3 Å². The van der Waals surface area contributed by atoms with E-state index in [1.807, 2.05) is 13.0 Å². The van der Waals surface area contributed by atoms with Crippen LogP contribution in [0.1, 0.15) is 25.4 Å². The van der Waals surface area contributed by atoms with Gasteiger partial charge in [-0.2, -0.15) is 0 Å². The maximum absolute atomic E-state index is 11.6. The first-order valence-electron chi connectivity index (χ1n) is 5.36. The predicted molar refractivity (Wildman–Crippen MR) is 61.4 cm³/mol. The molecule has 1 aromatic carbocycles. The number of barbiturate groups is 1. The average Bonchev–Trinajstić information content (AvgIpc) is 2.28. The van der Waals surface area contributed by atoms with Crippen LogP contribution in [0.15, 0.2) is 24.3 Å². The van der Waals surface area contributed by atoms with Crippen LogP contribution >= 0.6 is 0 Å². The zero-order valence-electron chi connectivity index (χ0n) is 11.3.